The van der Waals surface area contributed by atoms with Gasteiger partial charge >= 0.3 is 5.97 Å². The van der Waals surface area contributed by atoms with Crippen molar-refractivity contribution in [2.45, 2.75) is 19.8 Å². The quantitative estimate of drug-likeness (QED) is 0.647. The Morgan fingerprint density at radius 3 is 2.35 bits per heavy atom. The largest absolute Gasteiger partial charge is 0.496 e. The van der Waals surface area contributed by atoms with Crippen LogP contribution >= 0.6 is 0 Å². The van der Waals surface area contributed by atoms with Crippen LogP contribution in [-0.2, 0) is 4.79 Å². The molecular formula is C12H13FO4. The minimum Gasteiger partial charge on any atom is -0.496 e. The SMILES string of the molecule is COc1cc(C(=O)C(=O)O)cc(F)c1C(C)C. The molecule has 0 aromatic heterocycles. The second-order valence-electron chi connectivity index (χ2n) is 3.86. The van der Waals surface area contributed by atoms with E-state index in [0.29, 0.717) is 5.56 Å². The molecule has 0 aliphatic rings. The Hall–Kier alpha value is -1.91. The van der Waals surface area contributed by atoms with Crippen LogP contribution in [0.2, 0.25) is 0 Å². The Morgan fingerprint density at radius 2 is 1.94 bits per heavy atom. The zero-order valence-corrected chi connectivity index (χ0v) is 9.78. The van der Waals surface area contributed by atoms with Crippen LogP contribution in [-0.4, -0.2) is 24.0 Å². The van der Waals surface area contributed by atoms with Gasteiger partial charge in [-0.25, -0.2) is 9.18 Å². The molecule has 0 aliphatic heterocycles. The highest BCUT2D eigenvalue weighted by molar-refractivity contribution is 6.39. The number of carboxylic acid groups (broad SMARTS) is 1. The fourth-order valence-corrected chi connectivity index (χ4v) is 1.58. The van der Waals surface area contributed by atoms with Crippen LogP contribution in [0, 0.1) is 5.82 Å². The number of aliphatic carboxylic acids is 1. The lowest BCUT2D eigenvalue weighted by Gasteiger charge is -2.13. The molecule has 0 spiro atoms. The van der Waals surface area contributed by atoms with Crippen LogP contribution < -0.4 is 4.74 Å². The van der Waals surface area contributed by atoms with E-state index >= 15 is 0 Å². The molecule has 0 saturated heterocycles. The number of hydrogen-bond donors (Lipinski definition) is 1. The lowest BCUT2D eigenvalue weighted by molar-refractivity contribution is -0.131. The summed E-state index contributed by atoms with van der Waals surface area (Å²) in [4.78, 5) is 21.7. The first-order chi connectivity index (χ1) is 7.88. The molecule has 5 heteroatoms. The molecule has 1 N–H and O–H groups in total. The van der Waals surface area contributed by atoms with E-state index in [1.165, 1.54) is 13.2 Å². The van der Waals surface area contributed by atoms with Gasteiger partial charge in [0.15, 0.2) is 0 Å². The number of Topliss-reactive ketones (excluding diaryl/α,β-unsaturated/α-hetero) is 1. The Kier molecular flexibility index (Phi) is 3.83. The first-order valence-electron chi connectivity index (χ1n) is 5.03. The molecule has 1 aromatic carbocycles. The fraction of sp³-hybridized carbons (Fsp3) is 0.333. The van der Waals surface area contributed by atoms with Gasteiger partial charge in [-0.1, -0.05) is 13.8 Å². The summed E-state index contributed by atoms with van der Waals surface area (Å²) in [6, 6.07) is 2.17. The number of carbonyl (C=O) groups is 2. The zero-order chi connectivity index (χ0) is 13.2. The third-order valence-electron chi connectivity index (χ3n) is 2.35. The smallest absolute Gasteiger partial charge is 0.377 e. The highest BCUT2D eigenvalue weighted by Crippen LogP contribution is 2.30. The number of ether oxygens (including phenoxy) is 1. The monoisotopic (exact) mass is 240 g/mol. The summed E-state index contributed by atoms with van der Waals surface area (Å²) in [6.07, 6.45) is 0. The van der Waals surface area contributed by atoms with Gasteiger partial charge in [-0.05, 0) is 18.1 Å². The third-order valence-corrected chi connectivity index (χ3v) is 2.35. The third kappa shape index (κ3) is 2.61. The topological polar surface area (TPSA) is 63.6 Å². The van der Waals surface area contributed by atoms with Gasteiger partial charge in [-0.2, -0.15) is 0 Å². The van der Waals surface area contributed by atoms with Gasteiger partial charge in [0.05, 0.1) is 7.11 Å². The van der Waals surface area contributed by atoms with Crippen molar-refractivity contribution in [1.82, 2.24) is 0 Å². The number of methoxy groups -OCH3 is 1. The molecule has 0 atom stereocenters. The van der Waals surface area contributed by atoms with Crippen LogP contribution in [0.3, 0.4) is 0 Å². The number of hydrogen-bond acceptors (Lipinski definition) is 3. The maximum Gasteiger partial charge on any atom is 0.377 e. The fourth-order valence-electron chi connectivity index (χ4n) is 1.58. The van der Waals surface area contributed by atoms with Gasteiger partial charge in [0.2, 0.25) is 0 Å². The van der Waals surface area contributed by atoms with E-state index in [4.69, 9.17) is 9.84 Å². The van der Waals surface area contributed by atoms with Crippen LogP contribution in [0.4, 0.5) is 4.39 Å². The molecule has 0 heterocycles. The van der Waals surface area contributed by atoms with Crippen molar-refractivity contribution >= 4 is 11.8 Å². The standard InChI is InChI=1S/C12H13FO4/c1-6(2)10-8(13)4-7(5-9(10)17-3)11(14)12(15)16/h4-6H,1-3H3,(H,15,16). The first-order valence-corrected chi connectivity index (χ1v) is 5.03. The first kappa shape index (κ1) is 13.2. The summed E-state index contributed by atoms with van der Waals surface area (Å²) in [6.45, 7) is 3.55. The van der Waals surface area contributed by atoms with Gasteiger partial charge in [-0.15, -0.1) is 0 Å². The van der Waals surface area contributed by atoms with E-state index in [-0.39, 0.29) is 17.2 Å². The number of rotatable bonds is 4. The van der Waals surface area contributed by atoms with E-state index in [9.17, 15) is 14.0 Å². The maximum atomic E-state index is 13.7. The highest BCUT2D eigenvalue weighted by atomic mass is 19.1. The van der Waals surface area contributed by atoms with E-state index < -0.39 is 17.6 Å². The minimum atomic E-state index is -1.62. The predicted octanol–water partition coefficient (Wildman–Crippen LogP) is 2.23. The Balaban J connectivity index is 3.37. The normalized spacial score (nSPS) is 10.4. The number of ketones is 1. The number of halogens is 1. The summed E-state index contributed by atoms with van der Waals surface area (Å²) < 4.78 is 18.7. The van der Waals surface area contributed by atoms with Crippen molar-refractivity contribution in [2.24, 2.45) is 0 Å². The molecule has 0 amide bonds. The lowest BCUT2D eigenvalue weighted by atomic mass is 9.98. The molecule has 1 aromatic rings. The summed E-state index contributed by atoms with van der Waals surface area (Å²) in [7, 11) is 1.34. The highest BCUT2D eigenvalue weighted by Gasteiger charge is 2.21. The van der Waals surface area contributed by atoms with Crippen molar-refractivity contribution < 1.29 is 23.8 Å². The predicted molar refractivity (Wildman–Crippen MR) is 59.0 cm³/mol. The molecule has 0 fully saturated rings. The summed E-state index contributed by atoms with van der Waals surface area (Å²) in [5.41, 5.74) is 0.102. The second kappa shape index (κ2) is 4.95. The summed E-state index contributed by atoms with van der Waals surface area (Å²) in [5, 5.41) is 8.56. The molecule has 92 valence electrons. The van der Waals surface area contributed by atoms with Crippen LogP contribution in [0.1, 0.15) is 35.7 Å². The molecule has 17 heavy (non-hydrogen) atoms. The second-order valence-corrected chi connectivity index (χ2v) is 3.86. The van der Waals surface area contributed by atoms with Crippen molar-refractivity contribution in [2.75, 3.05) is 7.11 Å². The summed E-state index contributed by atoms with van der Waals surface area (Å²) in [5.74, 6) is -3.35. The Morgan fingerprint density at radius 1 is 1.35 bits per heavy atom. The Bertz CT molecular complexity index is 466. The van der Waals surface area contributed by atoms with Gasteiger partial charge in [-0.3, -0.25) is 4.79 Å². The van der Waals surface area contributed by atoms with Crippen molar-refractivity contribution in [3.63, 3.8) is 0 Å². The number of carboxylic acids is 1. The van der Waals surface area contributed by atoms with Crippen LogP contribution in [0.5, 0.6) is 5.75 Å². The average molecular weight is 240 g/mol. The van der Waals surface area contributed by atoms with Crippen molar-refractivity contribution in [3.05, 3.63) is 29.1 Å². The van der Waals surface area contributed by atoms with E-state index in [1.54, 1.807) is 13.8 Å². The van der Waals surface area contributed by atoms with Crippen LogP contribution in [0.15, 0.2) is 12.1 Å². The van der Waals surface area contributed by atoms with Gasteiger partial charge in [0.25, 0.3) is 5.78 Å². The summed E-state index contributed by atoms with van der Waals surface area (Å²) >= 11 is 0. The number of carbonyl (C=O) groups excluding carboxylic acids is 1. The van der Waals surface area contributed by atoms with Gasteiger partial charge in [0.1, 0.15) is 11.6 Å². The van der Waals surface area contributed by atoms with Crippen LogP contribution in [0.25, 0.3) is 0 Å². The maximum absolute atomic E-state index is 13.7. The Labute approximate surface area is 98.0 Å². The molecule has 0 aliphatic carbocycles. The van der Waals surface area contributed by atoms with E-state index in [1.807, 2.05) is 0 Å². The van der Waals surface area contributed by atoms with E-state index in [0.717, 1.165) is 6.07 Å². The molecule has 0 bridgehead atoms. The molecular weight excluding hydrogens is 227 g/mol. The number of benzene rings is 1. The molecule has 0 unspecified atom stereocenters. The molecule has 1 rings (SSSR count). The molecule has 0 saturated carbocycles. The van der Waals surface area contributed by atoms with Crippen molar-refractivity contribution in [3.8, 4) is 5.75 Å². The van der Waals surface area contributed by atoms with Gasteiger partial charge in [0, 0.05) is 11.1 Å². The van der Waals surface area contributed by atoms with Crippen molar-refractivity contribution in [1.29, 1.82) is 0 Å². The lowest BCUT2D eigenvalue weighted by Crippen LogP contribution is -2.14. The van der Waals surface area contributed by atoms with Gasteiger partial charge < -0.3 is 9.84 Å². The van der Waals surface area contributed by atoms with E-state index in [2.05, 4.69) is 0 Å². The minimum absolute atomic E-state index is 0.126. The molecule has 0 radical (unpaired) electrons. The molecule has 4 nitrogen and oxygen atoms in total. The average Bonchev–Trinajstić information content (AvgIpc) is 2.25. The zero-order valence-electron chi connectivity index (χ0n) is 9.78.